The first-order valence-electron chi connectivity index (χ1n) is 6.50. The SMILES string of the molecule is Cc1ccc(Sc2c(CC(C)N)c(C)nn2C)cc1. The molecule has 1 aromatic carbocycles. The number of hydrogen-bond donors (Lipinski definition) is 1. The Morgan fingerprint density at radius 1 is 1.26 bits per heavy atom. The summed E-state index contributed by atoms with van der Waals surface area (Å²) in [5.41, 5.74) is 9.56. The molecule has 1 aromatic heterocycles. The van der Waals surface area contributed by atoms with E-state index in [4.69, 9.17) is 5.73 Å². The van der Waals surface area contributed by atoms with Gasteiger partial charge in [0.2, 0.25) is 0 Å². The van der Waals surface area contributed by atoms with E-state index in [0.29, 0.717) is 0 Å². The van der Waals surface area contributed by atoms with Crippen molar-refractivity contribution in [1.82, 2.24) is 9.78 Å². The normalized spacial score (nSPS) is 12.7. The van der Waals surface area contributed by atoms with Gasteiger partial charge in [-0.25, -0.2) is 0 Å². The van der Waals surface area contributed by atoms with E-state index in [1.807, 2.05) is 18.7 Å². The Labute approximate surface area is 119 Å². The van der Waals surface area contributed by atoms with Gasteiger partial charge in [-0.1, -0.05) is 29.5 Å². The van der Waals surface area contributed by atoms with Crippen LogP contribution in [-0.4, -0.2) is 15.8 Å². The predicted octanol–water partition coefficient (Wildman–Crippen LogP) is 3.08. The van der Waals surface area contributed by atoms with Crippen molar-refractivity contribution in [2.24, 2.45) is 12.8 Å². The number of rotatable bonds is 4. The molecule has 0 aliphatic heterocycles. The number of nitrogens with two attached hydrogens (primary N) is 1. The molecule has 0 amide bonds. The van der Waals surface area contributed by atoms with Gasteiger partial charge in [0, 0.05) is 23.5 Å². The minimum Gasteiger partial charge on any atom is -0.328 e. The van der Waals surface area contributed by atoms with Gasteiger partial charge in [0.05, 0.1) is 5.69 Å². The molecule has 102 valence electrons. The third kappa shape index (κ3) is 3.39. The van der Waals surface area contributed by atoms with Crippen LogP contribution in [0.25, 0.3) is 0 Å². The topological polar surface area (TPSA) is 43.8 Å². The first kappa shape index (κ1) is 14.2. The average Bonchev–Trinajstić information content (AvgIpc) is 2.58. The number of aryl methyl sites for hydroxylation is 3. The van der Waals surface area contributed by atoms with E-state index < -0.39 is 0 Å². The van der Waals surface area contributed by atoms with E-state index in [9.17, 15) is 0 Å². The Balaban J connectivity index is 2.31. The molecule has 0 spiro atoms. The molecule has 4 heteroatoms. The Morgan fingerprint density at radius 3 is 2.47 bits per heavy atom. The molecular weight excluding hydrogens is 254 g/mol. The lowest BCUT2D eigenvalue weighted by atomic mass is 10.1. The molecule has 1 heterocycles. The van der Waals surface area contributed by atoms with Crippen molar-refractivity contribution in [2.45, 2.75) is 43.2 Å². The van der Waals surface area contributed by atoms with Gasteiger partial charge in [-0.05, 0) is 39.3 Å². The van der Waals surface area contributed by atoms with E-state index in [0.717, 1.165) is 12.1 Å². The maximum absolute atomic E-state index is 5.94. The van der Waals surface area contributed by atoms with Crippen LogP contribution in [-0.2, 0) is 13.5 Å². The fourth-order valence-corrected chi connectivity index (χ4v) is 3.11. The predicted molar refractivity (Wildman–Crippen MR) is 80.6 cm³/mol. The van der Waals surface area contributed by atoms with Crippen molar-refractivity contribution < 1.29 is 0 Å². The molecule has 2 N–H and O–H groups in total. The molecule has 2 rings (SSSR count). The van der Waals surface area contributed by atoms with Crippen LogP contribution in [0.15, 0.2) is 34.2 Å². The number of hydrogen-bond acceptors (Lipinski definition) is 3. The van der Waals surface area contributed by atoms with Crippen LogP contribution < -0.4 is 5.73 Å². The van der Waals surface area contributed by atoms with Crippen molar-refractivity contribution in [2.75, 3.05) is 0 Å². The van der Waals surface area contributed by atoms with Gasteiger partial charge in [-0.3, -0.25) is 4.68 Å². The van der Waals surface area contributed by atoms with Crippen molar-refractivity contribution in [1.29, 1.82) is 0 Å². The Hall–Kier alpha value is -1.26. The summed E-state index contributed by atoms with van der Waals surface area (Å²) in [4.78, 5) is 1.24. The summed E-state index contributed by atoms with van der Waals surface area (Å²) in [6, 6.07) is 8.73. The molecule has 0 saturated carbocycles. The fourth-order valence-electron chi connectivity index (χ4n) is 2.08. The largest absolute Gasteiger partial charge is 0.328 e. The summed E-state index contributed by atoms with van der Waals surface area (Å²) in [7, 11) is 1.99. The van der Waals surface area contributed by atoms with Gasteiger partial charge in [-0.15, -0.1) is 0 Å². The second-order valence-electron chi connectivity index (χ2n) is 5.09. The molecule has 19 heavy (non-hydrogen) atoms. The summed E-state index contributed by atoms with van der Waals surface area (Å²) in [5.74, 6) is 0. The molecule has 0 aliphatic carbocycles. The minimum absolute atomic E-state index is 0.153. The average molecular weight is 275 g/mol. The Bertz CT molecular complexity index is 556. The Kier molecular flexibility index (Phi) is 4.32. The smallest absolute Gasteiger partial charge is 0.102 e. The lowest BCUT2D eigenvalue weighted by molar-refractivity contribution is 0.677. The van der Waals surface area contributed by atoms with Crippen molar-refractivity contribution in [3.05, 3.63) is 41.1 Å². The molecule has 2 aromatic rings. The fraction of sp³-hybridized carbons (Fsp3) is 0.400. The summed E-state index contributed by atoms with van der Waals surface area (Å²) in [5, 5.41) is 5.71. The third-order valence-corrected chi connectivity index (χ3v) is 4.26. The van der Waals surface area contributed by atoms with Crippen LogP contribution in [0.5, 0.6) is 0 Å². The zero-order valence-electron chi connectivity index (χ0n) is 12.0. The highest BCUT2D eigenvalue weighted by Gasteiger charge is 2.15. The van der Waals surface area contributed by atoms with E-state index in [1.54, 1.807) is 11.8 Å². The number of nitrogens with zero attached hydrogens (tertiary/aromatic N) is 2. The van der Waals surface area contributed by atoms with Gasteiger partial charge in [0.25, 0.3) is 0 Å². The van der Waals surface area contributed by atoms with Gasteiger partial charge in [0.15, 0.2) is 0 Å². The summed E-state index contributed by atoms with van der Waals surface area (Å²) < 4.78 is 1.96. The van der Waals surface area contributed by atoms with Gasteiger partial charge >= 0.3 is 0 Å². The van der Waals surface area contributed by atoms with Crippen LogP contribution in [0.1, 0.15) is 23.7 Å². The first-order chi connectivity index (χ1) is 8.97. The van der Waals surface area contributed by atoms with E-state index in [-0.39, 0.29) is 6.04 Å². The van der Waals surface area contributed by atoms with Crippen LogP contribution in [0.2, 0.25) is 0 Å². The second kappa shape index (κ2) is 5.80. The van der Waals surface area contributed by atoms with Gasteiger partial charge in [0.1, 0.15) is 5.03 Å². The summed E-state index contributed by atoms with van der Waals surface area (Å²) in [6.07, 6.45) is 0.869. The van der Waals surface area contributed by atoms with Crippen LogP contribution in [0.3, 0.4) is 0 Å². The summed E-state index contributed by atoms with van der Waals surface area (Å²) >= 11 is 1.76. The van der Waals surface area contributed by atoms with Crippen molar-refractivity contribution in [3.8, 4) is 0 Å². The molecule has 1 atom stereocenters. The monoisotopic (exact) mass is 275 g/mol. The number of benzene rings is 1. The highest BCUT2D eigenvalue weighted by Crippen LogP contribution is 2.32. The van der Waals surface area contributed by atoms with Crippen molar-refractivity contribution >= 4 is 11.8 Å². The maximum Gasteiger partial charge on any atom is 0.102 e. The van der Waals surface area contributed by atoms with Crippen LogP contribution in [0, 0.1) is 13.8 Å². The van der Waals surface area contributed by atoms with Crippen molar-refractivity contribution in [3.63, 3.8) is 0 Å². The second-order valence-corrected chi connectivity index (χ2v) is 6.15. The first-order valence-corrected chi connectivity index (χ1v) is 7.31. The van der Waals surface area contributed by atoms with Gasteiger partial charge < -0.3 is 5.73 Å². The summed E-state index contributed by atoms with van der Waals surface area (Å²) in [6.45, 7) is 6.19. The molecule has 3 nitrogen and oxygen atoms in total. The maximum atomic E-state index is 5.94. The lowest BCUT2D eigenvalue weighted by Crippen LogP contribution is -2.18. The van der Waals surface area contributed by atoms with E-state index in [1.165, 1.54) is 21.0 Å². The molecule has 0 radical (unpaired) electrons. The standard InChI is InChI=1S/C15H21N3S/c1-10-5-7-13(8-6-10)19-15-14(9-11(2)16)12(3)17-18(15)4/h5-8,11H,9,16H2,1-4H3. The molecule has 0 bridgehead atoms. The van der Waals surface area contributed by atoms with Gasteiger partial charge in [-0.2, -0.15) is 5.10 Å². The molecular formula is C15H21N3S. The highest BCUT2D eigenvalue weighted by molar-refractivity contribution is 7.99. The lowest BCUT2D eigenvalue weighted by Gasteiger charge is -2.09. The zero-order valence-corrected chi connectivity index (χ0v) is 12.8. The van der Waals surface area contributed by atoms with E-state index >= 15 is 0 Å². The van der Waals surface area contributed by atoms with Crippen LogP contribution >= 0.6 is 11.8 Å². The zero-order chi connectivity index (χ0) is 14.0. The molecule has 1 unspecified atom stereocenters. The third-order valence-electron chi connectivity index (χ3n) is 3.05. The molecule has 0 aliphatic rings. The van der Waals surface area contributed by atoms with Crippen LogP contribution in [0.4, 0.5) is 0 Å². The Morgan fingerprint density at radius 2 is 1.89 bits per heavy atom. The van der Waals surface area contributed by atoms with E-state index in [2.05, 4.69) is 43.2 Å². The minimum atomic E-state index is 0.153. The highest BCUT2D eigenvalue weighted by atomic mass is 32.2. The number of aromatic nitrogens is 2. The quantitative estimate of drug-likeness (QED) is 0.932. The molecule has 0 fully saturated rings. The molecule has 0 saturated heterocycles.